The summed E-state index contributed by atoms with van der Waals surface area (Å²) in [7, 11) is 0. The number of carbonyl (C=O) groups excluding carboxylic acids is 1. The fourth-order valence-electron chi connectivity index (χ4n) is 2.58. The summed E-state index contributed by atoms with van der Waals surface area (Å²) in [6, 6.07) is 9.44. The molecule has 3 rings (SSSR count). The van der Waals surface area contributed by atoms with E-state index in [1.54, 1.807) is 23.5 Å². The zero-order valence-electron chi connectivity index (χ0n) is 11.0. The van der Waals surface area contributed by atoms with Crippen LogP contribution >= 0.6 is 23.7 Å². The van der Waals surface area contributed by atoms with Crippen LogP contribution in [0, 0.1) is 0 Å². The molecule has 0 bridgehead atoms. The highest BCUT2D eigenvalue weighted by molar-refractivity contribution is 7.10. The Balaban J connectivity index is 0.00000147. The van der Waals surface area contributed by atoms with E-state index in [9.17, 15) is 4.79 Å². The third kappa shape index (κ3) is 2.81. The number of halogens is 1. The average Bonchev–Trinajstić information content (AvgIpc) is 2.88. The van der Waals surface area contributed by atoms with Crippen LogP contribution in [0.25, 0.3) is 0 Å². The van der Waals surface area contributed by atoms with Gasteiger partial charge in [0.15, 0.2) is 0 Å². The molecule has 0 aliphatic heterocycles. The van der Waals surface area contributed by atoms with Gasteiger partial charge in [0.2, 0.25) is 0 Å². The summed E-state index contributed by atoms with van der Waals surface area (Å²) < 4.78 is 0. The lowest BCUT2D eigenvalue weighted by atomic mass is 9.94. The Morgan fingerprint density at radius 1 is 1.30 bits per heavy atom. The quantitative estimate of drug-likeness (QED) is 0.833. The van der Waals surface area contributed by atoms with Crippen LogP contribution in [-0.4, -0.2) is 5.91 Å². The van der Waals surface area contributed by atoms with Crippen LogP contribution in [0.3, 0.4) is 0 Å². The Kier molecular flexibility index (Phi) is 4.68. The molecule has 0 saturated carbocycles. The number of nitrogens with two attached hydrogens (primary N) is 1. The molecule has 1 aliphatic rings. The SMILES string of the molecule is Cl.Nc1ccccc1C(=O)NC1CCCc2sccc21. The minimum absolute atomic E-state index is 0. The molecule has 0 spiro atoms. The van der Waals surface area contributed by atoms with E-state index in [0.29, 0.717) is 11.3 Å². The number of hydrogen-bond donors (Lipinski definition) is 2. The van der Waals surface area contributed by atoms with E-state index >= 15 is 0 Å². The normalized spacial score (nSPS) is 16.9. The molecule has 5 heteroatoms. The van der Waals surface area contributed by atoms with Crippen molar-refractivity contribution in [3.8, 4) is 0 Å². The van der Waals surface area contributed by atoms with Crippen molar-refractivity contribution in [1.82, 2.24) is 5.32 Å². The summed E-state index contributed by atoms with van der Waals surface area (Å²) in [5.41, 5.74) is 8.21. The van der Waals surface area contributed by atoms with Crippen LogP contribution in [0.15, 0.2) is 35.7 Å². The number of nitrogen functional groups attached to an aromatic ring is 1. The molecule has 0 fully saturated rings. The van der Waals surface area contributed by atoms with Crippen molar-refractivity contribution in [2.75, 3.05) is 5.73 Å². The van der Waals surface area contributed by atoms with E-state index in [2.05, 4.69) is 16.8 Å². The maximum Gasteiger partial charge on any atom is 0.253 e. The zero-order valence-corrected chi connectivity index (χ0v) is 12.6. The first kappa shape index (κ1) is 14.9. The largest absolute Gasteiger partial charge is 0.398 e. The lowest BCUT2D eigenvalue weighted by Crippen LogP contribution is -2.30. The van der Waals surface area contributed by atoms with Gasteiger partial charge in [0.25, 0.3) is 5.91 Å². The fourth-order valence-corrected chi connectivity index (χ4v) is 3.56. The molecule has 2 aromatic rings. The number of hydrogen-bond acceptors (Lipinski definition) is 3. The molecule has 1 amide bonds. The maximum absolute atomic E-state index is 12.3. The summed E-state index contributed by atoms with van der Waals surface area (Å²) in [5, 5.41) is 5.21. The smallest absolute Gasteiger partial charge is 0.253 e. The first-order valence-electron chi connectivity index (χ1n) is 6.47. The van der Waals surface area contributed by atoms with Gasteiger partial charge in [-0.1, -0.05) is 12.1 Å². The lowest BCUT2D eigenvalue weighted by Gasteiger charge is -2.24. The number of rotatable bonds is 2. The van der Waals surface area contributed by atoms with Gasteiger partial charge in [0.1, 0.15) is 0 Å². The third-order valence-electron chi connectivity index (χ3n) is 3.56. The van der Waals surface area contributed by atoms with Crippen LogP contribution in [-0.2, 0) is 6.42 Å². The summed E-state index contributed by atoms with van der Waals surface area (Å²) >= 11 is 1.78. The van der Waals surface area contributed by atoms with Gasteiger partial charge in [0, 0.05) is 10.6 Å². The van der Waals surface area contributed by atoms with Gasteiger partial charge in [-0.2, -0.15) is 0 Å². The van der Waals surface area contributed by atoms with Gasteiger partial charge in [-0.25, -0.2) is 0 Å². The standard InChI is InChI=1S/C15H16N2OS.ClH/c16-12-5-2-1-4-10(12)15(18)17-13-6-3-7-14-11(13)8-9-19-14;/h1-2,4-5,8-9,13H,3,6-7,16H2,(H,17,18);1H. The molecular formula is C15H17ClN2OS. The van der Waals surface area contributed by atoms with E-state index in [4.69, 9.17) is 5.73 Å². The van der Waals surface area contributed by atoms with Crippen molar-refractivity contribution in [3.63, 3.8) is 0 Å². The van der Waals surface area contributed by atoms with E-state index in [0.717, 1.165) is 19.3 Å². The van der Waals surface area contributed by atoms with Crippen LogP contribution in [0.5, 0.6) is 0 Å². The van der Waals surface area contributed by atoms with E-state index in [1.165, 1.54) is 10.4 Å². The van der Waals surface area contributed by atoms with Crippen molar-refractivity contribution in [1.29, 1.82) is 0 Å². The Hall–Kier alpha value is -1.52. The second kappa shape index (κ2) is 6.29. The molecule has 106 valence electrons. The van der Waals surface area contributed by atoms with Crippen LogP contribution in [0.2, 0.25) is 0 Å². The highest BCUT2D eigenvalue weighted by atomic mass is 35.5. The molecule has 1 unspecified atom stereocenters. The Bertz CT molecular complexity index is 611. The topological polar surface area (TPSA) is 55.1 Å². The number of fused-ring (bicyclic) bond motifs is 1. The molecule has 1 atom stereocenters. The molecule has 0 saturated heterocycles. The zero-order chi connectivity index (χ0) is 13.2. The van der Waals surface area contributed by atoms with Gasteiger partial charge in [-0.3, -0.25) is 4.79 Å². The molecule has 1 aromatic carbocycles. The number of thiophene rings is 1. The van der Waals surface area contributed by atoms with Gasteiger partial charge in [-0.05, 0) is 48.4 Å². The number of nitrogens with one attached hydrogen (secondary N) is 1. The first-order chi connectivity index (χ1) is 9.25. The number of aryl methyl sites for hydroxylation is 1. The number of anilines is 1. The van der Waals surface area contributed by atoms with Crippen LogP contribution in [0.4, 0.5) is 5.69 Å². The fraction of sp³-hybridized carbons (Fsp3) is 0.267. The van der Waals surface area contributed by atoms with E-state index in [1.807, 2.05) is 12.1 Å². The Morgan fingerprint density at radius 2 is 2.10 bits per heavy atom. The highest BCUT2D eigenvalue weighted by Gasteiger charge is 2.23. The minimum atomic E-state index is -0.0813. The molecule has 1 aromatic heterocycles. The second-order valence-electron chi connectivity index (χ2n) is 4.80. The van der Waals surface area contributed by atoms with Gasteiger partial charge < -0.3 is 11.1 Å². The van der Waals surface area contributed by atoms with Crippen molar-refractivity contribution in [2.24, 2.45) is 0 Å². The van der Waals surface area contributed by atoms with Gasteiger partial charge >= 0.3 is 0 Å². The molecule has 1 aliphatic carbocycles. The minimum Gasteiger partial charge on any atom is -0.398 e. The van der Waals surface area contributed by atoms with Crippen LogP contribution < -0.4 is 11.1 Å². The maximum atomic E-state index is 12.3. The molecular weight excluding hydrogens is 292 g/mol. The molecule has 1 heterocycles. The number of para-hydroxylation sites is 1. The Labute approximate surface area is 128 Å². The predicted molar refractivity (Wildman–Crippen MR) is 85.6 cm³/mol. The molecule has 3 nitrogen and oxygen atoms in total. The molecule has 3 N–H and O–H groups in total. The van der Waals surface area contributed by atoms with Gasteiger partial charge in [0.05, 0.1) is 11.6 Å². The summed E-state index contributed by atoms with van der Waals surface area (Å²) in [6.45, 7) is 0. The number of carbonyl (C=O) groups is 1. The third-order valence-corrected chi connectivity index (χ3v) is 4.56. The van der Waals surface area contributed by atoms with Crippen molar-refractivity contribution >= 4 is 35.3 Å². The predicted octanol–water partition coefficient (Wildman–Crippen LogP) is 3.56. The highest BCUT2D eigenvalue weighted by Crippen LogP contribution is 2.33. The average molecular weight is 309 g/mol. The van der Waals surface area contributed by atoms with Crippen LogP contribution in [0.1, 0.15) is 39.7 Å². The molecule has 0 radical (unpaired) electrons. The van der Waals surface area contributed by atoms with Crippen molar-refractivity contribution in [3.05, 3.63) is 51.7 Å². The monoisotopic (exact) mass is 308 g/mol. The molecule has 20 heavy (non-hydrogen) atoms. The summed E-state index contributed by atoms with van der Waals surface area (Å²) in [4.78, 5) is 13.7. The number of amides is 1. The lowest BCUT2D eigenvalue weighted by molar-refractivity contribution is 0.0934. The van der Waals surface area contributed by atoms with Crippen molar-refractivity contribution in [2.45, 2.75) is 25.3 Å². The van der Waals surface area contributed by atoms with Crippen molar-refractivity contribution < 1.29 is 4.79 Å². The second-order valence-corrected chi connectivity index (χ2v) is 5.81. The Morgan fingerprint density at radius 3 is 2.90 bits per heavy atom. The van der Waals surface area contributed by atoms with E-state index < -0.39 is 0 Å². The van der Waals surface area contributed by atoms with Gasteiger partial charge in [-0.15, -0.1) is 23.7 Å². The summed E-state index contributed by atoms with van der Waals surface area (Å²) in [6.07, 6.45) is 3.26. The first-order valence-corrected chi connectivity index (χ1v) is 7.35. The number of benzene rings is 1. The summed E-state index contributed by atoms with van der Waals surface area (Å²) in [5.74, 6) is -0.0813. The van der Waals surface area contributed by atoms with E-state index in [-0.39, 0.29) is 24.4 Å².